The summed E-state index contributed by atoms with van der Waals surface area (Å²) >= 11 is 1.46. The van der Waals surface area contributed by atoms with E-state index in [1.807, 2.05) is 35.7 Å². The Morgan fingerprint density at radius 1 is 0.909 bits per heavy atom. The smallest absolute Gasteiger partial charge is 0.338 e. The van der Waals surface area contributed by atoms with E-state index in [0.29, 0.717) is 11.2 Å². The van der Waals surface area contributed by atoms with E-state index in [-0.39, 0.29) is 29.4 Å². The van der Waals surface area contributed by atoms with Gasteiger partial charge in [-0.15, -0.1) is 11.3 Å². The Balaban J connectivity index is 1.88. The van der Waals surface area contributed by atoms with Gasteiger partial charge in [-0.1, -0.05) is 30.3 Å². The van der Waals surface area contributed by atoms with E-state index in [0.717, 1.165) is 16.0 Å². The lowest BCUT2D eigenvalue weighted by molar-refractivity contribution is 0.0598. The molecule has 0 atom stereocenters. The van der Waals surface area contributed by atoms with Crippen molar-refractivity contribution in [3.8, 4) is 22.8 Å². The van der Waals surface area contributed by atoms with Crippen molar-refractivity contribution in [2.45, 2.75) is 6.61 Å². The Labute approximate surface area is 193 Å². The standard InChI is InChI=1S/C24H20N2O6S/c1-29-12-19-25-21(20-18(13-33-22(20)26-19)14-7-5-4-6-8-14)32-17-10-15(23(27)30-2)9-16(11-17)24(28)31-3/h4-11,13H,12H2,1-3H3. The molecule has 168 valence electrons. The normalized spacial score (nSPS) is 10.8. The Morgan fingerprint density at radius 2 is 1.58 bits per heavy atom. The minimum atomic E-state index is -0.612. The van der Waals surface area contributed by atoms with Crippen molar-refractivity contribution in [2.75, 3.05) is 21.3 Å². The van der Waals surface area contributed by atoms with Gasteiger partial charge in [0.1, 0.15) is 17.2 Å². The van der Waals surface area contributed by atoms with Crippen LogP contribution in [-0.4, -0.2) is 43.2 Å². The number of hydrogen-bond acceptors (Lipinski definition) is 9. The fraction of sp³-hybridized carbons (Fsp3) is 0.167. The third-order valence-electron chi connectivity index (χ3n) is 4.77. The molecule has 0 radical (unpaired) electrons. The van der Waals surface area contributed by atoms with E-state index in [2.05, 4.69) is 9.97 Å². The predicted octanol–water partition coefficient (Wildman–Crippen LogP) is 4.87. The molecule has 0 amide bonds. The molecule has 0 spiro atoms. The molecule has 8 nitrogen and oxygen atoms in total. The number of esters is 2. The third kappa shape index (κ3) is 4.69. The molecular weight excluding hydrogens is 444 g/mol. The van der Waals surface area contributed by atoms with E-state index in [1.165, 1.54) is 43.8 Å². The number of rotatable bonds is 7. The summed E-state index contributed by atoms with van der Waals surface area (Å²) in [4.78, 5) is 34.2. The van der Waals surface area contributed by atoms with Crippen molar-refractivity contribution in [3.05, 3.63) is 70.9 Å². The molecule has 0 bridgehead atoms. The zero-order valence-electron chi connectivity index (χ0n) is 18.2. The van der Waals surface area contributed by atoms with Gasteiger partial charge in [0.05, 0.1) is 30.7 Å². The Kier molecular flexibility index (Phi) is 6.62. The molecule has 0 aliphatic rings. The van der Waals surface area contributed by atoms with Gasteiger partial charge in [0.2, 0.25) is 5.88 Å². The van der Waals surface area contributed by atoms with E-state index >= 15 is 0 Å². The Bertz CT molecular complexity index is 1290. The van der Waals surface area contributed by atoms with Gasteiger partial charge in [0, 0.05) is 18.1 Å². The summed E-state index contributed by atoms with van der Waals surface area (Å²) in [5, 5.41) is 2.71. The van der Waals surface area contributed by atoms with Crippen molar-refractivity contribution in [3.63, 3.8) is 0 Å². The van der Waals surface area contributed by atoms with Gasteiger partial charge in [0.15, 0.2) is 5.82 Å². The van der Waals surface area contributed by atoms with Gasteiger partial charge >= 0.3 is 11.9 Å². The number of benzene rings is 2. The molecular formula is C24H20N2O6S. The second-order valence-electron chi connectivity index (χ2n) is 6.90. The van der Waals surface area contributed by atoms with Crippen LogP contribution < -0.4 is 4.74 Å². The van der Waals surface area contributed by atoms with E-state index in [9.17, 15) is 9.59 Å². The molecule has 9 heteroatoms. The number of thiophene rings is 1. The number of carbonyl (C=O) groups excluding carboxylic acids is 2. The lowest BCUT2D eigenvalue weighted by Gasteiger charge is -2.12. The third-order valence-corrected chi connectivity index (χ3v) is 5.64. The molecule has 0 unspecified atom stereocenters. The SMILES string of the molecule is COCc1nc(Oc2cc(C(=O)OC)cc(C(=O)OC)c2)c2c(-c3ccccc3)csc2n1. The highest BCUT2D eigenvalue weighted by Crippen LogP contribution is 2.39. The van der Waals surface area contributed by atoms with Crippen molar-refractivity contribution >= 4 is 33.5 Å². The van der Waals surface area contributed by atoms with Crippen LogP contribution in [0.2, 0.25) is 0 Å². The molecule has 0 aliphatic heterocycles. The summed E-state index contributed by atoms with van der Waals surface area (Å²) in [7, 11) is 4.08. The molecule has 2 aromatic heterocycles. The quantitative estimate of drug-likeness (QED) is 0.357. The average molecular weight is 464 g/mol. The number of carbonyl (C=O) groups is 2. The Hall–Kier alpha value is -3.82. The second-order valence-corrected chi connectivity index (χ2v) is 7.76. The predicted molar refractivity (Wildman–Crippen MR) is 123 cm³/mol. The van der Waals surface area contributed by atoms with Gasteiger partial charge in [-0.25, -0.2) is 14.6 Å². The van der Waals surface area contributed by atoms with Crippen LogP contribution in [0.25, 0.3) is 21.3 Å². The molecule has 2 aromatic carbocycles. The lowest BCUT2D eigenvalue weighted by Crippen LogP contribution is -2.07. The maximum Gasteiger partial charge on any atom is 0.338 e. The molecule has 0 saturated heterocycles. The van der Waals surface area contributed by atoms with Crippen LogP contribution in [0, 0.1) is 0 Å². The van der Waals surface area contributed by atoms with E-state index < -0.39 is 11.9 Å². The first-order chi connectivity index (χ1) is 16.0. The number of fused-ring (bicyclic) bond motifs is 1. The Morgan fingerprint density at radius 3 is 2.18 bits per heavy atom. The molecule has 0 saturated carbocycles. The van der Waals surface area contributed by atoms with Crippen LogP contribution in [0.15, 0.2) is 53.9 Å². The number of aromatic nitrogens is 2. The first-order valence-electron chi connectivity index (χ1n) is 9.86. The van der Waals surface area contributed by atoms with Crippen LogP contribution in [0.3, 0.4) is 0 Å². The van der Waals surface area contributed by atoms with E-state index in [4.69, 9.17) is 18.9 Å². The zero-order chi connectivity index (χ0) is 23.4. The summed E-state index contributed by atoms with van der Waals surface area (Å²) in [6.07, 6.45) is 0. The van der Waals surface area contributed by atoms with Crippen LogP contribution in [0.1, 0.15) is 26.5 Å². The monoisotopic (exact) mass is 464 g/mol. The zero-order valence-corrected chi connectivity index (χ0v) is 19.0. The average Bonchev–Trinajstić information content (AvgIpc) is 3.28. The van der Waals surface area contributed by atoms with Gasteiger partial charge in [-0.2, -0.15) is 4.98 Å². The number of hydrogen-bond donors (Lipinski definition) is 0. The van der Waals surface area contributed by atoms with Crippen LogP contribution in [0.4, 0.5) is 0 Å². The summed E-state index contributed by atoms with van der Waals surface area (Å²) in [6, 6.07) is 14.2. The maximum absolute atomic E-state index is 12.2. The molecule has 4 rings (SSSR count). The summed E-state index contributed by atoms with van der Waals surface area (Å²) in [5.74, 6) is -0.270. The van der Waals surface area contributed by atoms with Crippen molar-refractivity contribution in [2.24, 2.45) is 0 Å². The van der Waals surface area contributed by atoms with Gasteiger partial charge < -0.3 is 18.9 Å². The summed E-state index contributed by atoms with van der Waals surface area (Å²) in [6.45, 7) is 0.195. The highest BCUT2D eigenvalue weighted by atomic mass is 32.1. The minimum absolute atomic E-state index is 0.145. The fourth-order valence-electron chi connectivity index (χ4n) is 3.29. The van der Waals surface area contributed by atoms with Crippen LogP contribution in [-0.2, 0) is 20.8 Å². The number of ether oxygens (including phenoxy) is 4. The first kappa shape index (κ1) is 22.4. The largest absolute Gasteiger partial charge is 0.465 e. The molecule has 4 aromatic rings. The first-order valence-corrected chi connectivity index (χ1v) is 10.7. The van der Waals surface area contributed by atoms with Crippen molar-refractivity contribution < 1.29 is 28.5 Å². The second kappa shape index (κ2) is 9.76. The maximum atomic E-state index is 12.2. The summed E-state index contributed by atoms with van der Waals surface area (Å²) < 4.78 is 21.0. The lowest BCUT2D eigenvalue weighted by atomic mass is 10.1. The molecule has 0 N–H and O–H groups in total. The van der Waals surface area contributed by atoms with Crippen LogP contribution >= 0.6 is 11.3 Å². The van der Waals surface area contributed by atoms with Gasteiger partial charge in [-0.05, 0) is 23.8 Å². The van der Waals surface area contributed by atoms with Crippen molar-refractivity contribution in [1.29, 1.82) is 0 Å². The highest BCUT2D eigenvalue weighted by molar-refractivity contribution is 7.17. The van der Waals surface area contributed by atoms with Crippen LogP contribution in [0.5, 0.6) is 11.6 Å². The fourth-order valence-corrected chi connectivity index (χ4v) is 4.25. The number of nitrogens with zero attached hydrogens (tertiary/aromatic N) is 2. The highest BCUT2D eigenvalue weighted by Gasteiger charge is 2.20. The van der Waals surface area contributed by atoms with Crippen molar-refractivity contribution in [1.82, 2.24) is 9.97 Å². The van der Waals surface area contributed by atoms with Gasteiger partial charge in [0.25, 0.3) is 0 Å². The minimum Gasteiger partial charge on any atom is -0.465 e. The van der Waals surface area contributed by atoms with Gasteiger partial charge in [-0.3, -0.25) is 0 Å². The van der Waals surface area contributed by atoms with E-state index in [1.54, 1.807) is 7.11 Å². The molecule has 0 fully saturated rings. The topological polar surface area (TPSA) is 96.8 Å². The molecule has 2 heterocycles. The molecule has 0 aliphatic carbocycles. The summed E-state index contributed by atoms with van der Waals surface area (Å²) in [5.41, 5.74) is 2.18. The molecule has 33 heavy (non-hydrogen) atoms. The number of methoxy groups -OCH3 is 3.